The van der Waals surface area contributed by atoms with Gasteiger partial charge in [-0.2, -0.15) is 0 Å². The van der Waals surface area contributed by atoms with E-state index in [0.717, 1.165) is 6.42 Å². The molecule has 0 bridgehead atoms. The highest BCUT2D eigenvalue weighted by Crippen LogP contribution is 2.15. The summed E-state index contributed by atoms with van der Waals surface area (Å²) < 4.78 is 0. The van der Waals surface area contributed by atoms with Crippen LogP contribution in [0.2, 0.25) is 0 Å². The number of pyridine rings is 1. The third-order valence-corrected chi connectivity index (χ3v) is 2.21. The smallest absolute Gasteiger partial charge is 0.0431 e. The van der Waals surface area contributed by atoms with Gasteiger partial charge in [0, 0.05) is 11.9 Å². The van der Waals surface area contributed by atoms with Crippen molar-refractivity contribution in [1.82, 2.24) is 4.98 Å². The summed E-state index contributed by atoms with van der Waals surface area (Å²) >= 11 is 0. The topological polar surface area (TPSA) is 12.9 Å². The molecule has 0 atom stereocenters. The van der Waals surface area contributed by atoms with Crippen molar-refractivity contribution in [3.8, 4) is 0 Å². The Balaban J connectivity index is 3.02. The van der Waals surface area contributed by atoms with Crippen LogP contribution in [0.4, 0.5) is 0 Å². The van der Waals surface area contributed by atoms with E-state index in [-0.39, 0.29) is 0 Å². The summed E-state index contributed by atoms with van der Waals surface area (Å²) in [6, 6.07) is 2.20. The SMILES string of the molecule is CCc1cnc(C(C)C)cc1C. The van der Waals surface area contributed by atoms with E-state index in [2.05, 4.69) is 38.7 Å². The third kappa shape index (κ3) is 1.84. The molecule has 0 fully saturated rings. The predicted octanol–water partition coefficient (Wildman–Crippen LogP) is 3.08. The lowest BCUT2D eigenvalue weighted by molar-refractivity contribution is 0.815. The number of nitrogens with zero attached hydrogens (tertiary/aromatic N) is 1. The van der Waals surface area contributed by atoms with Gasteiger partial charge in [0.05, 0.1) is 0 Å². The fourth-order valence-electron chi connectivity index (χ4n) is 1.29. The number of hydrogen-bond acceptors (Lipinski definition) is 1. The van der Waals surface area contributed by atoms with Crippen LogP contribution in [0, 0.1) is 6.92 Å². The Labute approximate surface area is 74.8 Å². The molecular weight excluding hydrogens is 146 g/mol. The molecule has 0 saturated heterocycles. The van der Waals surface area contributed by atoms with Crippen LogP contribution in [0.25, 0.3) is 0 Å². The van der Waals surface area contributed by atoms with E-state index in [4.69, 9.17) is 0 Å². The first-order valence-electron chi connectivity index (χ1n) is 4.60. The second-order valence-corrected chi connectivity index (χ2v) is 3.54. The summed E-state index contributed by atoms with van der Waals surface area (Å²) in [5, 5.41) is 0. The molecule has 1 aromatic rings. The molecule has 0 aliphatic heterocycles. The van der Waals surface area contributed by atoms with Crippen molar-refractivity contribution in [3.05, 3.63) is 29.1 Å². The second-order valence-electron chi connectivity index (χ2n) is 3.54. The zero-order valence-electron chi connectivity index (χ0n) is 8.39. The molecule has 1 heteroatoms. The van der Waals surface area contributed by atoms with Crippen LogP contribution in [0.5, 0.6) is 0 Å². The van der Waals surface area contributed by atoms with Crippen LogP contribution in [0.3, 0.4) is 0 Å². The number of hydrogen-bond donors (Lipinski definition) is 0. The summed E-state index contributed by atoms with van der Waals surface area (Å²) in [6.45, 7) is 8.67. The minimum absolute atomic E-state index is 0.537. The standard InChI is InChI=1S/C11H17N/c1-5-10-7-12-11(8(2)3)6-9(10)4/h6-8H,5H2,1-4H3. The number of rotatable bonds is 2. The fourth-order valence-corrected chi connectivity index (χ4v) is 1.29. The summed E-state index contributed by atoms with van der Waals surface area (Å²) in [5.74, 6) is 0.537. The zero-order chi connectivity index (χ0) is 9.14. The van der Waals surface area contributed by atoms with Gasteiger partial charge in [0.25, 0.3) is 0 Å². The molecule has 0 aliphatic carbocycles. The Morgan fingerprint density at radius 3 is 2.50 bits per heavy atom. The van der Waals surface area contributed by atoms with E-state index in [1.807, 2.05) is 6.20 Å². The van der Waals surface area contributed by atoms with Gasteiger partial charge < -0.3 is 0 Å². The lowest BCUT2D eigenvalue weighted by atomic mass is 10.0. The van der Waals surface area contributed by atoms with E-state index < -0.39 is 0 Å². The first kappa shape index (κ1) is 9.24. The molecular formula is C11H17N. The highest BCUT2D eigenvalue weighted by Gasteiger charge is 2.02. The van der Waals surface area contributed by atoms with Crippen LogP contribution in [-0.4, -0.2) is 4.98 Å². The monoisotopic (exact) mass is 163 g/mol. The van der Waals surface area contributed by atoms with Gasteiger partial charge in [-0.15, -0.1) is 0 Å². The highest BCUT2D eigenvalue weighted by molar-refractivity contribution is 5.26. The zero-order valence-corrected chi connectivity index (χ0v) is 8.39. The molecule has 1 nitrogen and oxygen atoms in total. The lowest BCUT2D eigenvalue weighted by Gasteiger charge is -2.07. The van der Waals surface area contributed by atoms with Gasteiger partial charge in [0.2, 0.25) is 0 Å². The first-order chi connectivity index (χ1) is 5.65. The Bertz CT molecular complexity index is 264. The van der Waals surface area contributed by atoms with Crippen molar-refractivity contribution < 1.29 is 0 Å². The molecule has 0 aromatic carbocycles. The van der Waals surface area contributed by atoms with Crippen LogP contribution in [0.1, 0.15) is 43.5 Å². The predicted molar refractivity (Wildman–Crippen MR) is 52.4 cm³/mol. The van der Waals surface area contributed by atoms with Gasteiger partial charge in [0.15, 0.2) is 0 Å². The van der Waals surface area contributed by atoms with Crippen molar-refractivity contribution in [3.63, 3.8) is 0 Å². The van der Waals surface area contributed by atoms with Crippen LogP contribution >= 0.6 is 0 Å². The molecule has 0 aliphatic rings. The quantitative estimate of drug-likeness (QED) is 0.653. The van der Waals surface area contributed by atoms with Gasteiger partial charge >= 0.3 is 0 Å². The van der Waals surface area contributed by atoms with Crippen molar-refractivity contribution >= 4 is 0 Å². The molecule has 1 heterocycles. The number of aryl methyl sites for hydroxylation is 2. The summed E-state index contributed by atoms with van der Waals surface area (Å²) in [7, 11) is 0. The van der Waals surface area contributed by atoms with Gasteiger partial charge in [0.1, 0.15) is 0 Å². The van der Waals surface area contributed by atoms with E-state index >= 15 is 0 Å². The maximum Gasteiger partial charge on any atom is 0.0431 e. The lowest BCUT2D eigenvalue weighted by Crippen LogP contribution is -1.96. The Morgan fingerprint density at radius 2 is 2.08 bits per heavy atom. The minimum atomic E-state index is 0.537. The molecule has 0 saturated carbocycles. The molecule has 1 aromatic heterocycles. The Hall–Kier alpha value is -0.850. The largest absolute Gasteiger partial charge is 0.261 e. The minimum Gasteiger partial charge on any atom is -0.261 e. The summed E-state index contributed by atoms with van der Waals surface area (Å²) in [6.07, 6.45) is 3.09. The molecule has 12 heavy (non-hydrogen) atoms. The van der Waals surface area contributed by atoms with Gasteiger partial charge in [-0.1, -0.05) is 20.8 Å². The number of aromatic nitrogens is 1. The Morgan fingerprint density at radius 1 is 1.42 bits per heavy atom. The average Bonchev–Trinajstić information content (AvgIpc) is 2.04. The maximum atomic E-state index is 4.41. The van der Waals surface area contributed by atoms with Crippen molar-refractivity contribution in [1.29, 1.82) is 0 Å². The molecule has 66 valence electrons. The summed E-state index contributed by atoms with van der Waals surface area (Å²) in [5.41, 5.74) is 3.93. The van der Waals surface area contributed by atoms with Gasteiger partial charge in [-0.25, -0.2) is 0 Å². The van der Waals surface area contributed by atoms with Crippen LogP contribution < -0.4 is 0 Å². The molecule has 0 unspecified atom stereocenters. The molecule has 0 radical (unpaired) electrons. The van der Waals surface area contributed by atoms with E-state index in [9.17, 15) is 0 Å². The molecule has 0 amide bonds. The first-order valence-corrected chi connectivity index (χ1v) is 4.60. The van der Waals surface area contributed by atoms with Gasteiger partial charge in [-0.3, -0.25) is 4.98 Å². The molecule has 1 rings (SSSR count). The normalized spacial score (nSPS) is 10.8. The van der Waals surface area contributed by atoms with Crippen molar-refractivity contribution in [2.24, 2.45) is 0 Å². The maximum absolute atomic E-state index is 4.41. The van der Waals surface area contributed by atoms with E-state index in [0.29, 0.717) is 5.92 Å². The molecule has 0 spiro atoms. The second kappa shape index (κ2) is 3.70. The van der Waals surface area contributed by atoms with Crippen LogP contribution in [-0.2, 0) is 6.42 Å². The van der Waals surface area contributed by atoms with Crippen molar-refractivity contribution in [2.45, 2.75) is 40.0 Å². The fraction of sp³-hybridized carbons (Fsp3) is 0.545. The third-order valence-electron chi connectivity index (χ3n) is 2.21. The summed E-state index contributed by atoms with van der Waals surface area (Å²) in [4.78, 5) is 4.41. The highest BCUT2D eigenvalue weighted by atomic mass is 14.7. The van der Waals surface area contributed by atoms with Crippen LogP contribution in [0.15, 0.2) is 12.3 Å². The average molecular weight is 163 g/mol. The van der Waals surface area contributed by atoms with Gasteiger partial charge in [-0.05, 0) is 36.5 Å². The molecule has 0 N–H and O–H groups in total. The van der Waals surface area contributed by atoms with E-state index in [1.165, 1.54) is 16.8 Å². The van der Waals surface area contributed by atoms with E-state index in [1.54, 1.807) is 0 Å². The Kier molecular flexibility index (Phi) is 2.85. The van der Waals surface area contributed by atoms with Crippen molar-refractivity contribution in [2.75, 3.05) is 0 Å².